The van der Waals surface area contributed by atoms with E-state index in [1.807, 2.05) is 39.0 Å². The highest BCUT2D eigenvalue weighted by Gasteiger charge is 2.45. The molecule has 2 aromatic carbocycles. The highest BCUT2D eigenvalue weighted by molar-refractivity contribution is 7.15. The zero-order valence-electron chi connectivity index (χ0n) is 21.7. The molecule has 8 heteroatoms. The number of rotatable bonds is 8. The second kappa shape index (κ2) is 10.0. The molecule has 4 aromatic rings. The summed E-state index contributed by atoms with van der Waals surface area (Å²) in [5.41, 5.74) is 2.04. The lowest BCUT2D eigenvalue weighted by Gasteiger charge is -2.23. The van der Waals surface area contributed by atoms with Crippen molar-refractivity contribution in [2.45, 2.75) is 47.1 Å². The number of aryl methyl sites for hydroxylation is 2. The molecule has 0 fully saturated rings. The monoisotopic (exact) mass is 518 g/mol. The standard InChI is InChI=1S/C29H30N2O5S/c1-6-34-23-15-19(11-12-22(23)35-14-13-16(2)3)25-24-26(32)20-9-7-8-10-21(20)36-27(24)28(33)31(25)29-30-17(4)18(5)37-29/h7-12,15-16,25H,6,13-14H2,1-5H3. The number of thiazole rings is 1. The van der Waals surface area contributed by atoms with E-state index in [1.54, 1.807) is 29.2 Å². The molecule has 0 radical (unpaired) electrons. The number of carbonyl (C=O) groups is 1. The van der Waals surface area contributed by atoms with Crippen molar-refractivity contribution in [2.75, 3.05) is 18.1 Å². The Bertz CT molecular complexity index is 1520. The van der Waals surface area contributed by atoms with E-state index in [9.17, 15) is 9.59 Å². The highest BCUT2D eigenvalue weighted by Crippen LogP contribution is 2.44. The van der Waals surface area contributed by atoms with E-state index in [1.165, 1.54) is 11.3 Å². The van der Waals surface area contributed by atoms with Gasteiger partial charge in [-0.15, -0.1) is 11.3 Å². The lowest BCUT2D eigenvalue weighted by Crippen LogP contribution is -2.29. The number of hydrogen-bond acceptors (Lipinski definition) is 7. The molecule has 1 aliphatic rings. The molecule has 0 saturated heterocycles. The van der Waals surface area contributed by atoms with Crippen LogP contribution in [-0.2, 0) is 0 Å². The first-order chi connectivity index (χ1) is 17.8. The minimum absolute atomic E-state index is 0.0504. The van der Waals surface area contributed by atoms with Gasteiger partial charge in [-0.1, -0.05) is 32.0 Å². The molecule has 1 unspecified atom stereocenters. The molecule has 1 amide bonds. The molecule has 0 saturated carbocycles. The van der Waals surface area contributed by atoms with E-state index in [-0.39, 0.29) is 17.1 Å². The zero-order chi connectivity index (χ0) is 26.3. The van der Waals surface area contributed by atoms with Crippen molar-refractivity contribution in [3.63, 3.8) is 0 Å². The number of anilines is 1. The Morgan fingerprint density at radius 3 is 2.57 bits per heavy atom. The Labute approximate surface area is 219 Å². The second-order valence-corrected chi connectivity index (χ2v) is 10.7. The van der Waals surface area contributed by atoms with Gasteiger partial charge in [0.1, 0.15) is 5.58 Å². The largest absolute Gasteiger partial charge is 0.490 e. The average Bonchev–Trinajstić information content (AvgIpc) is 3.35. The van der Waals surface area contributed by atoms with E-state index in [0.717, 1.165) is 22.6 Å². The molecule has 37 heavy (non-hydrogen) atoms. The lowest BCUT2D eigenvalue weighted by molar-refractivity contribution is 0.0971. The fourth-order valence-electron chi connectivity index (χ4n) is 4.48. The zero-order valence-corrected chi connectivity index (χ0v) is 22.5. The Morgan fingerprint density at radius 1 is 1.08 bits per heavy atom. The number of para-hydroxylation sites is 1. The van der Waals surface area contributed by atoms with Gasteiger partial charge in [0, 0.05) is 4.88 Å². The maximum Gasteiger partial charge on any atom is 0.297 e. The second-order valence-electron chi connectivity index (χ2n) is 9.56. The number of aromatic nitrogens is 1. The molecule has 192 valence electrons. The van der Waals surface area contributed by atoms with Crippen molar-refractivity contribution in [3.8, 4) is 11.5 Å². The van der Waals surface area contributed by atoms with Crippen molar-refractivity contribution in [1.29, 1.82) is 0 Å². The summed E-state index contributed by atoms with van der Waals surface area (Å²) in [6, 6.07) is 11.9. The predicted molar refractivity (Wildman–Crippen MR) is 145 cm³/mol. The quantitative estimate of drug-likeness (QED) is 0.267. The Balaban J connectivity index is 1.68. The summed E-state index contributed by atoms with van der Waals surface area (Å²) < 4.78 is 18.0. The number of carbonyl (C=O) groups excluding carboxylic acids is 1. The van der Waals surface area contributed by atoms with Gasteiger partial charge >= 0.3 is 0 Å². The Hall–Kier alpha value is -3.65. The number of amides is 1. The third kappa shape index (κ3) is 4.50. The van der Waals surface area contributed by atoms with Crippen LogP contribution in [0.3, 0.4) is 0 Å². The van der Waals surface area contributed by atoms with Gasteiger partial charge in [0.05, 0.1) is 35.9 Å². The molecule has 1 atom stereocenters. The van der Waals surface area contributed by atoms with Crippen molar-refractivity contribution in [2.24, 2.45) is 5.92 Å². The number of benzene rings is 2. The smallest absolute Gasteiger partial charge is 0.297 e. The van der Waals surface area contributed by atoms with Crippen molar-refractivity contribution in [3.05, 3.63) is 80.1 Å². The van der Waals surface area contributed by atoms with E-state index in [2.05, 4.69) is 18.8 Å². The average molecular weight is 519 g/mol. The van der Waals surface area contributed by atoms with Gasteiger partial charge in [-0.2, -0.15) is 0 Å². The minimum Gasteiger partial charge on any atom is -0.490 e. The summed E-state index contributed by atoms with van der Waals surface area (Å²) in [5.74, 6) is 1.39. The Kier molecular flexibility index (Phi) is 6.77. The normalized spacial score (nSPS) is 15.0. The van der Waals surface area contributed by atoms with Crippen molar-refractivity contribution < 1.29 is 18.7 Å². The first kappa shape index (κ1) is 25.0. The van der Waals surface area contributed by atoms with Crippen LogP contribution in [-0.4, -0.2) is 24.1 Å². The molecule has 2 aromatic heterocycles. The molecule has 5 rings (SSSR count). The molecule has 1 aliphatic heterocycles. The minimum atomic E-state index is -0.711. The molecule has 7 nitrogen and oxygen atoms in total. The third-order valence-electron chi connectivity index (χ3n) is 6.54. The third-order valence-corrected chi connectivity index (χ3v) is 7.61. The summed E-state index contributed by atoms with van der Waals surface area (Å²) in [6.07, 6.45) is 0.919. The van der Waals surface area contributed by atoms with Gasteiger partial charge in [-0.05, 0) is 62.9 Å². The van der Waals surface area contributed by atoms with Crippen molar-refractivity contribution in [1.82, 2.24) is 4.98 Å². The van der Waals surface area contributed by atoms with Crippen LogP contribution in [0.15, 0.2) is 51.7 Å². The Morgan fingerprint density at radius 2 is 1.86 bits per heavy atom. The van der Waals surface area contributed by atoms with E-state index in [4.69, 9.17) is 13.9 Å². The van der Waals surface area contributed by atoms with Gasteiger partial charge in [0.25, 0.3) is 5.91 Å². The maximum absolute atomic E-state index is 13.8. The fraction of sp³-hybridized carbons (Fsp3) is 0.345. The molecule has 0 N–H and O–H groups in total. The summed E-state index contributed by atoms with van der Waals surface area (Å²) >= 11 is 1.42. The number of fused-ring (bicyclic) bond motifs is 2. The van der Waals surface area contributed by atoms with Crippen LogP contribution < -0.4 is 19.8 Å². The summed E-state index contributed by atoms with van der Waals surface area (Å²) in [6.45, 7) is 11.1. The van der Waals surface area contributed by atoms with Crippen LogP contribution in [0.5, 0.6) is 11.5 Å². The predicted octanol–water partition coefficient (Wildman–Crippen LogP) is 6.44. The first-order valence-electron chi connectivity index (χ1n) is 12.5. The first-order valence-corrected chi connectivity index (χ1v) is 13.3. The van der Waals surface area contributed by atoms with Crippen LogP contribution in [0.1, 0.15) is 65.5 Å². The number of ether oxygens (including phenoxy) is 2. The highest BCUT2D eigenvalue weighted by atomic mass is 32.1. The molecule has 3 heterocycles. The summed E-state index contributed by atoms with van der Waals surface area (Å²) in [7, 11) is 0. The summed E-state index contributed by atoms with van der Waals surface area (Å²) in [5, 5.41) is 0.959. The molecular formula is C29H30N2O5S. The van der Waals surface area contributed by atoms with Crippen LogP contribution in [0.2, 0.25) is 0 Å². The maximum atomic E-state index is 13.8. The van der Waals surface area contributed by atoms with Crippen LogP contribution in [0.4, 0.5) is 5.13 Å². The number of hydrogen-bond donors (Lipinski definition) is 0. The molecule has 0 spiro atoms. The fourth-order valence-corrected chi connectivity index (χ4v) is 5.41. The van der Waals surface area contributed by atoms with E-state index in [0.29, 0.717) is 52.3 Å². The van der Waals surface area contributed by atoms with Gasteiger partial charge in [-0.3, -0.25) is 14.5 Å². The number of nitrogens with zero attached hydrogens (tertiary/aromatic N) is 2. The van der Waals surface area contributed by atoms with E-state index >= 15 is 0 Å². The van der Waals surface area contributed by atoms with Crippen LogP contribution in [0.25, 0.3) is 11.0 Å². The molecular weight excluding hydrogens is 488 g/mol. The SMILES string of the molecule is CCOc1cc(C2c3c(oc4ccccc4c3=O)C(=O)N2c2nc(C)c(C)s2)ccc1OCCC(C)C. The lowest BCUT2D eigenvalue weighted by atomic mass is 9.98. The van der Waals surface area contributed by atoms with Crippen LogP contribution >= 0.6 is 11.3 Å². The topological polar surface area (TPSA) is 81.9 Å². The molecule has 0 aliphatic carbocycles. The van der Waals surface area contributed by atoms with Gasteiger partial charge in [0.15, 0.2) is 22.1 Å². The van der Waals surface area contributed by atoms with Crippen molar-refractivity contribution >= 4 is 33.3 Å². The molecule has 0 bridgehead atoms. The summed E-state index contributed by atoms with van der Waals surface area (Å²) in [4.78, 5) is 34.8. The van der Waals surface area contributed by atoms with E-state index < -0.39 is 6.04 Å². The van der Waals surface area contributed by atoms with Gasteiger partial charge in [-0.25, -0.2) is 4.98 Å². The van der Waals surface area contributed by atoms with Gasteiger partial charge < -0.3 is 13.9 Å². The van der Waals surface area contributed by atoms with Crippen LogP contribution in [0, 0.1) is 19.8 Å². The van der Waals surface area contributed by atoms with Gasteiger partial charge in [0.2, 0.25) is 5.76 Å².